The summed E-state index contributed by atoms with van der Waals surface area (Å²) < 4.78 is 0. The van der Waals surface area contributed by atoms with Crippen molar-refractivity contribution in [2.75, 3.05) is 19.6 Å². The predicted molar refractivity (Wildman–Crippen MR) is 104 cm³/mol. The number of benzene rings is 1. The van der Waals surface area contributed by atoms with Gasteiger partial charge in [-0.15, -0.1) is 11.3 Å². The minimum atomic E-state index is 0.0286. The summed E-state index contributed by atoms with van der Waals surface area (Å²) in [4.78, 5) is 29.9. The Morgan fingerprint density at radius 2 is 1.92 bits per heavy atom. The molecule has 138 valence electrons. The molecular weight excluding hydrogens is 346 g/mol. The molecule has 0 spiro atoms. The third-order valence-corrected chi connectivity index (χ3v) is 5.67. The van der Waals surface area contributed by atoms with Crippen LogP contribution in [-0.4, -0.2) is 41.3 Å². The number of nitrogens with zero attached hydrogens (tertiary/aromatic N) is 2. The van der Waals surface area contributed by atoms with Gasteiger partial charge in [-0.3, -0.25) is 9.59 Å². The highest BCUT2D eigenvalue weighted by molar-refractivity contribution is 7.09. The van der Waals surface area contributed by atoms with Crippen LogP contribution in [0.2, 0.25) is 0 Å². The zero-order valence-electron chi connectivity index (χ0n) is 15.3. The van der Waals surface area contributed by atoms with E-state index in [0.717, 1.165) is 35.5 Å². The summed E-state index contributed by atoms with van der Waals surface area (Å²) >= 11 is 1.66. The van der Waals surface area contributed by atoms with Crippen LogP contribution < -0.4 is 5.32 Å². The number of hydrogen-bond acceptors (Lipinski definition) is 4. The van der Waals surface area contributed by atoms with Gasteiger partial charge in [-0.05, 0) is 31.7 Å². The SMILES string of the molecule is CC(=O)N1CCC(C(=O)NCCc2ccc(-c3csc(C)n3)cc2)CC1. The summed E-state index contributed by atoms with van der Waals surface area (Å²) in [5, 5.41) is 6.18. The van der Waals surface area contributed by atoms with Crippen LogP contribution in [0.1, 0.15) is 30.3 Å². The smallest absolute Gasteiger partial charge is 0.223 e. The van der Waals surface area contributed by atoms with Crippen molar-refractivity contribution < 1.29 is 9.59 Å². The highest BCUT2D eigenvalue weighted by atomic mass is 32.1. The molecule has 0 saturated carbocycles. The highest BCUT2D eigenvalue weighted by Gasteiger charge is 2.25. The molecule has 1 aromatic carbocycles. The van der Waals surface area contributed by atoms with Crippen molar-refractivity contribution in [3.05, 3.63) is 40.2 Å². The molecule has 1 N–H and O–H groups in total. The van der Waals surface area contributed by atoms with Crippen molar-refractivity contribution in [2.24, 2.45) is 5.92 Å². The molecule has 2 heterocycles. The second-order valence-electron chi connectivity index (χ2n) is 6.77. The maximum absolute atomic E-state index is 12.3. The molecule has 1 aliphatic rings. The first-order chi connectivity index (χ1) is 12.5. The van der Waals surface area contributed by atoms with Gasteiger partial charge in [-0.2, -0.15) is 0 Å². The molecule has 2 aromatic rings. The molecule has 26 heavy (non-hydrogen) atoms. The first-order valence-electron chi connectivity index (χ1n) is 9.07. The number of nitrogens with one attached hydrogen (secondary N) is 1. The fraction of sp³-hybridized carbons (Fsp3) is 0.450. The van der Waals surface area contributed by atoms with Gasteiger partial charge in [-0.1, -0.05) is 24.3 Å². The summed E-state index contributed by atoms with van der Waals surface area (Å²) in [6, 6.07) is 8.37. The lowest BCUT2D eigenvalue weighted by atomic mass is 9.96. The Morgan fingerprint density at radius 3 is 2.50 bits per heavy atom. The number of thiazole rings is 1. The van der Waals surface area contributed by atoms with Crippen molar-refractivity contribution in [1.82, 2.24) is 15.2 Å². The summed E-state index contributed by atoms with van der Waals surface area (Å²) in [5.41, 5.74) is 3.34. The monoisotopic (exact) mass is 371 g/mol. The molecule has 0 unspecified atom stereocenters. The van der Waals surface area contributed by atoms with E-state index >= 15 is 0 Å². The van der Waals surface area contributed by atoms with Crippen molar-refractivity contribution in [3.63, 3.8) is 0 Å². The lowest BCUT2D eigenvalue weighted by Crippen LogP contribution is -2.42. The molecule has 1 fully saturated rings. The maximum atomic E-state index is 12.3. The van der Waals surface area contributed by atoms with E-state index in [2.05, 4.69) is 39.9 Å². The molecule has 0 radical (unpaired) electrons. The van der Waals surface area contributed by atoms with Crippen LogP contribution in [0, 0.1) is 12.8 Å². The molecule has 2 amide bonds. The molecule has 0 bridgehead atoms. The number of likely N-dealkylation sites (tertiary alicyclic amines) is 1. The number of amides is 2. The van der Waals surface area contributed by atoms with E-state index in [0.29, 0.717) is 19.6 Å². The van der Waals surface area contributed by atoms with E-state index in [1.807, 2.05) is 11.8 Å². The lowest BCUT2D eigenvalue weighted by molar-refractivity contribution is -0.133. The largest absolute Gasteiger partial charge is 0.356 e. The number of piperidine rings is 1. The molecule has 3 rings (SSSR count). The average molecular weight is 372 g/mol. The topological polar surface area (TPSA) is 62.3 Å². The summed E-state index contributed by atoms with van der Waals surface area (Å²) in [6.45, 7) is 5.60. The van der Waals surface area contributed by atoms with Gasteiger partial charge in [0, 0.05) is 43.4 Å². The van der Waals surface area contributed by atoms with E-state index in [-0.39, 0.29) is 17.7 Å². The Hall–Kier alpha value is -2.21. The fourth-order valence-electron chi connectivity index (χ4n) is 3.27. The quantitative estimate of drug-likeness (QED) is 0.879. The summed E-state index contributed by atoms with van der Waals surface area (Å²) in [5.74, 6) is 0.240. The number of hydrogen-bond donors (Lipinski definition) is 1. The van der Waals surface area contributed by atoms with Crippen LogP contribution in [0.15, 0.2) is 29.6 Å². The van der Waals surface area contributed by atoms with Crippen LogP contribution in [0.5, 0.6) is 0 Å². The van der Waals surface area contributed by atoms with Gasteiger partial charge < -0.3 is 10.2 Å². The third-order valence-electron chi connectivity index (χ3n) is 4.89. The average Bonchev–Trinajstić information content (AvgIpc) is 3.08. The molecule has 1 aromatic heterocycles. The third kappa shape index (κ3) is 4.69. The van der Waals surface area contributed by atoms with Gasteiger partial charge in [0.2, 0.25) is 11.8 Å². The van der Waals surface area contributed by atoms with Gasteiger partial charge in [0.25, 0.3) is 0 Å². The summed E-state index contributed by atoms with van der Waals surface area (Å²) in [6.07, 6.45) is 2.33. The second kappa shape index (κ2) is 8.45. The first-order valence-corrected chi connectivity index (χ1v) is 9.95. The highest BCUT2D eigenvalue weighted by Crippen LogP contribution is 2.22. The van der Waals surface area contributed by atoms with Gasteiger partial charge in [0.1, 0.15) is 0 Å². The van der Waals surface area contributed by atoms with E-state index < -0.39 is 0 Å². The van der Waals surface area contributed by atoms with Crippen LogP contribution >= 0.6 is 11.3 Å². The second-order valence-corrected chi connectivity index (χ2v) is 7.83. The predicted octanol–water partition coefficient (Wildman–Crippen LogP) is 3.04. The molecule has 1 aliphatic heterocycles. The molecular formula is C20H25N3O2S. The Morgan fingerprint density at radius 1 is 1.23 bits per heavy atom. The van der Waals surface area contributed by atoms with E-state index in [1.165, 1.54) is 5.56 Å². The van der Waals surface area contributed by atoms with Crippen LogP contribution in [-0.2, 0) is 16.0 Å². The molecule has 5 nitrogen and oxygen atoms in total. The number of rotatable bonds is 5. The van der Waals surface area contributed by atoms with Crippen molar-refractivity contribution in [1.29, 1.82) is 0 Å². The van der Waals surface area contributed by atoms with Gasteiger partial charge in [-0.25, -0.2) is 4.98 Å². The first kappa shape index (κ1) is 18.6. The van der Waals surface area contributed by atoms with E-state index in [9.17, 15) is 9.59 Å². The van der Waals surface area contributed by atoms with E-state index in [1.54, 1.807) is 18.3 Å². The lowest BCUT2D eigenvalue weighted by Gasteiger charge is -2.30. The zero-order valence-corrected chi connectivity index (χ0v) is 16.1. The summed E-state index contributed by atoms with van der Waals surface area (Å²) in [7, 11) is 0. The van der Waals surface area contributed by atoms with Crippen LogP contribution in [0.3, 0.4) is 0 Å². The minimum Gasteiger partial charge on any atom is -0.356 e. The van der Waals surface area contributed by atoms with Gasteiger partial charge >= 0.3 is 0 Å². The molecule has 6 heteroatoms. The van der Waals surface area contributed by atoms with E-state index in [4.69, 9.17) is 0 Å². The van der Waals surface area contributed by atoms with Crippen molar-refractivity contribution in [3.8, 4) is 11.3 Å². The number of carbonyl (C=O) groups is 2. The number of aryl methyl sites for hydroxylation is 1. The van der Waals surface area contributed by atoms with Gasteiger partial charge in [0.15, 0.2) is 0 Å². The fourth-order valence-corrected chi connectivity index (χ4v) is 3.89. The Balaban J connectivity index is 1.43. The molecule has 0 aliphatic carbocycles. The van der Waals surface area contributed by atoms with Crippen molar-refractivity contribution >= 4 is 23.2 Å². The number of carbonyl (C=O) groups excluding carboxylic acids is 2. The maximum Gasteiger partial charge on any atom is 0.223 e. The standard InChI is InChI=1S/C20H25N3O2S/c1-14-22-19(13-26-14)17-5-3-16(4-6-17)7-10-21-20(25)18-8-11-23(12-9-18)15(2)24/h3-6,13,18H,7-12H2,1-2H3,(H,21,25). The van der Waals surface area contributed by atoms with Crippen LogP contribution in [0.4, 0.5) is 0 Å². The zero-order chi connectivity index (χ0) is 18.5. The van der Waals surface area contributed by atoms with Gasteiger partial charge in [0.05, 0.1) is 10.7 Å². The molecule has 0 atom stereocenters. The minimum absolute atomic E-state index is 0.0286. The Bertz CT molecular complexity index is 762. The van der Waals surface area contributed by atoms with Crippen molar-refractivity contribution in [2.45, 2.75) is 33.1 Å². The Kier molecular flexibility index (Phi) is 6.04. The normalized spacial score (nSPS) is 15.1. The molecule has 1 saturated heterocycles. The Labute approximate surface area is 158 Å². The van der Waals surface area contributed by atoms with Crippen LogP contribution in [0.25, 0.3) is 11.3 Å². The number of aromatic nitrogens is 1.